The average molecular weight is 307 g/mol. The molecule has 0 aliphatic heterocycles. The lowest BCUT2D eigenvalue weighted by Crippen LogP contribution is -2.22. The van der Waals surface area contributed by atoms with E-state index in [1.165, 1.54) is 4.52 Å². The summed E-state index contributed by atoms with van der Waals surface area (Å²) in [5.74, 6) is 0.478. The van der Waals surface area contributed by atoms with Crippen LogP contribution in [0.5, 0.6) is 0 Å². The average Bonchev–Trinajstić information content (AvgIpc) is 3.01. The molecule has 3 aromatic heterocycles. The van der Waals surface area contributed by atoms with Crippen LogP contribution in [0.4, 0.5) is 0 Å². The van der Waals surface area contributed by atoms with Gasteiger partial charge >= 0.3 is 0 Å². The van der Waals surface area contributed by atoms with E-state index in [4.69, 9.17) is 0 Å². The van der Waals surface area contributed by atoms with Crippen molar-refractivity contribution in [3.8, 4) is 17.6 Å². The van der Waals surface area contributed by atoms with Gasteiger partial charge in [0.1, 0.15) is 17.3 Å². The van der Waals surface area contributed by atoms with E-state index in [1.54, 1.807) is 12.3 Å². The number of hydrogen-bond donors (Lipinski definition) is 1. The van der Waals surface area contributed by atoms with Crippen molar-refractivity contribution in [2.45, 2.75) is 33.1 Å². The van der Waals surface area contributed by atoms with Crippen LogP contribution in [0.25, 0.3) is 17.2 Å². The molecule has 116 valence electrons. The largest absolute Gasteiger partial charge is 0.274 e. The molecule has 0 atom stereocenters. The zero-order valence-electron chi connectivity index (χ0n) is 13.1. The van der Waals surface area contributed by atoms with Crippen molar-refractivity contribution in [1.29, 1.82) is 5.26 Å². The molecule has 3 heterocycles. The highest BCUT2D eigenvalue weighted by Gasteiger charge is 2.18. The first-order valence-corrected chi connectivity index (χ1v) is 7.63. The summed E-state index contributed by atoms with van der Waals surface area (Å²) in [6, 6.07) is 7.65. The Hall–Kier alpha value is -2.94. The second-order valence-corrected chi connectivity index (χ2v) is 5.45. The summed E-state index contributed by atoms with van der Waals surface area (Å²) in [5, 5.41) is 12.5. The van der Waals surface area contributed by atoms with E-state index in [1.807, 2.05) is 19.1 Å². The van der Waals surface area contributed by atoms with Crippen molar-refractivity contribution < 1.29 is 0 Å². The minimum absolute atomic E-state index is 0.139. The fraction of sp³-hybridized carbons (Fsp3) is 0.294. The smallest absolute Gasteiger partial charge is 0.271 e. The van der Waals surface area contributed by atoms with Gasteiger partial charge in [0, 0.05) is 11.8 Å². The molecular weight excluding hydrogens is 290 g/mol. The van der Waals surface area contributed by atoms with Crippen LogP contribution >= 0.6 is 0 Å². The number of pyridine rings is 2. The third kappa shape index (κ3) is 2.50. The summed E-state index contributed by atoms with van der Waals surface area (Å²) >= 11 is 0. The first-order valence-electron chi connectivity index (χ1n) is 7.63. The second-order valence-electron chi connectivity index (χ2n) is 5.45. The van der Waals surface area contributed by atoms with Crippen LogP contribution in [0.3, 0.4) is 0 Å². The molecule has 3 rings (SSSR count). The molecule has 0 saturated carbocycles. The van der Waals surface area contributed by atoms with Gasteiger partial charge in [0.15, 0.2) is 11.5 Å². The molecule has 1 N–H and O–H groups in total. The predicted octanol–water partition coefficient (Wildman–Crippen LogP) is 2.61. The van der Waals surface area contributed by atoms with Crippen LogP contribution in [-0.4, -0.2) is 19.6 Å². The van der Waals surface area contributed by atoms with Gasteiger partial charge in [-0.2, -0.15) is 9.78 Å². The number of H-pyrrole nitrogens is 1. The maximum Gasteiger partial charge on any atom is 0.274 e. The van der Waals surface area contributed by atoms with E-state index in [2.05, 4.69) is 28.1 Å². The molecule has 0 aromatic carbocycles. The van der Waals surface area contributed by atoms with Crippen molar-refractivity contribution in [2.24, 2.45) is 0 Å². The van der Waals surface area contributed by atoms with Crippen molar-refractivity contribution in [1.82, 2.24) is 19.6 Å². The summed E-state index contributed by atoms with van der Waals surface area (Å²) in [6.07, 6.45) is 4.23. The maximum atomic E-state index is 12.7. The van der Waals surface area contributed by atoms with E-state index in [9.17, 15) is 10.1 Å². The number of unbranched alkanes of at least 4 members (excludes halogenated alkanes) is 1. The highest BCUT2D eigenvalue weighted by atomic mass is 16.1. The Balaban J connectivity index is 2.28. The summed E-state index contributed by atoms with van der Waals surface area (Å²) in [5.41, 5.74) is 2.69. The van der Waals surface area contributed by atoms with Gasteiger partial charge in [-0.25, -0.2) is 4.98 Å². The minimum atomic E-state index is -0.139. The van der Waals surface area contributed by atoms with Gasteiger partial charge in [-0.05, 0) is 37.5 Å². The quantitative estimate of drug-likeness (QED) is 0.802. The number of aromatic amines is 1. The van der Waals surface area contributed by atoms with Gasteiger partial charge in [0.05, 0.1) is 0 Å². The molecule has 0 aliphatic rings. The fourth-order valence-electron chi connectivity index (χ4n) is 2.67. The summed E-state index contributed by atoms with van der Waals surface area (Å²) < 4.78 is 1.36. The van der Waals surface area contributed by atoms with Gasteiger partial charge in [-0.3, -0.25) is 14.9 Å². The van der Waals surface area contributed by atoms with Crippen LogP contribution < -0.4 is 5.56 Å². The van der Waals surface area contributed by atoms with E-state index in [-0.39, 0.29) is 5.56 Å². The second kappa shape index (κ2) is 6.05. The van der Waals surface area contributed by atoms with Gasteiger partial charge in [-0.15, -0.1) is 0 Å². The van der Waals surface area contributed by atoms with Gasteiger partial charge < -0.3 is 0 Å². The molecule has 6 heteroatoms. The van der Waals surface area contributed by atoms with E-state index < -0.39 is 0 Å². The van der Waals surface area contributed by atoms with Crippen LogP contribution in [0.15, 0.2) is 29.2 Å². The van der Waals surface area contributed by atoms with Crippen LogP contribution in [0.1, 0.15) is 36.5 Å². The molecule has 0 amide bonds. The number of fused-ring (bicyclic) bond motifs is 1. The zero-order valence-corrected chi connectivity index (χ0v) is 13.1. The van der Waals surface area contributed by atoms with E-state index >= 15 is 0 Å². The lowest BCUT2D eigenvalue weighted by molar-refractivity contribution is 0.769. The van der Waals surface area contributed by atoms with Gasteiger partial charge in [-0.1, -0.05) is 19.4 Å². The van der Waals surface area contributed by atoms with E-state index in [0.29, 0.717) is 34.7 Å². The lowest BCUT2D eigenvalue weighted by Gasteiger charge is -2.07. The molecule has 0 fully saturated rings. The van der Waals surface area contributed by atoms with Crippen LogP contribution in [-0.2, 0) is 6.42 Å². The Morgan fingerprint density at radius 2 is 2.22 bits per heavy atom. The van der Waals surface area contributed by atoms with Gasteiger partial charge in [0.25, 0.3) is 5.56 Å². The van der Waals surface area contributed by atoms with Crippen LogP contribution in [0, 0.1) is 18.3 Å². The summed E-state index contributed by atoms with van der Waals surface area (Å²) in [6.45, 7) is 3.89. The van der Waals surface area contributed by atoms with Crippen molar-refractivity contribution in [3.05, 3.63) is 51.4 Å². The number of rotatable bonds is 4. The third-order valence-corrected chi connectivity index (χ3v) is 3.96. The Bertz CT molecular complexity index is 947. The molecule has 0 unspecified atom stereocenters. The standard InChI is InChI=1S/C17H17N5O/c1-3-4-7-12-11(2)13(10-18)16-20-15(21-22(16)17(12)23)14-8-5-6-9-19-14/h5-6,8-9H,3-4,7H2,1-2H3,(H,20,21). The SMILES string of the molecule is CCCCc1c(C)c(C#N)c2nc(-c3ccccn3)[nH]n2c1=O. The Kier molecular flexibility index (Phi) is 3.94. The molecule has 0 spiro atoms. The highest BCUT2D eigenvalue weighted by molar-refractivity contribution is 5.63. The van der Waals surface area contributed by atoms with Gasteiger partial charge in [0.2, 0.25) is 0 Å². The lowest BCUT2D eigenvalue weighted by atomic mass is 10.0. The topological polar surface area (TPSA) is 86.8 Å². The summed E-state index contributed by atoms with van der Waals surface area (Å²) in [7, 11) is 0. The third-order valence-electron chi connectivity index (χ3n) is 3.96. The minimum Gasteiger partial charge on any atom is -0.271 e. The Labute approximate surface area is 133 Å². The number of nitrogens with one attached hydrogen (secondary N) is 1. The highest BCUT2D eigenvalue weighted by Crippen LogP contribution is 2.19. The fourth-order valence-corrected chi connectivity index (χ4v) is 2.67. The molecule has 0 bridgehead atoms. The van der Waals surface area contributed by atoms with Crippen LogP contribution in [0.2, 0.25) is 0 Å². The van der Waals surface area contributed by atoms with Crippen molar-refractivity contribution >= 4 is 5.65 Å². The first-order chi connectivity index (χ1) is 11.2. The monoisotopic (exact) mass is 307 g/mol. The number of aromatic nitrogens is 4. The molecule has 23 heavy (non-hydrogen) atoms. The normalized spacial score (nSPS) is 10.8. The predicted molar refractivity (Wildman–Crippen MR) is 87.1 cm³/mol. The summed E-state index contributed by atoms with van der Waals surface area (Å²) in [4.78, 5) is 21.4. The molecular formula is C17H17N5O. The molecule has 0 aliphatic carbocycles. The first kappa shape index (κ1) is 15.0. The Morgan fingerprint density at radius 3 is 2.87 bits per heavy atom. The Morgan fingerprint density at radius 1 is 1.39 bits per heavy atom. The number of nitriles is 1. The zero-order chi connectivity index (χ0) is 16.4. The number of hydrogen-bond acceptors (Lipinski definition) is 4. The van der Waals surface area contributed by atoms with E-state index in [0.717, 1.165) is 18.4 Å². The molecule has 0 saturated heterocycles. The molecule has 6 nitrogen and oxygen atoms in total. The molecule has 3 aromatic rings. The van der Waals surface area contributed by atoms with Crippen molar-refractivity contribution in [2.75, 3.05) is 0 Å². The van der Waals surface area contributed by atoms with Crippen molar-refractivity contribution in [3.63, 3.8) is 0 Å². The molecule has 0 radical (unpaired) electrons. The number of nitrogens with zero attached hydrogens (tertiary/aromatic N) is 4. The maximum absolute atomic E-state index is 12.7.